The standard InChI is InChI=1S/C31H36FN5O2/c1-21-13-18-37(19-14-21)31(39)27(4-2-15-33-28-20-26(28)22-9-11-25(32)12-10-22)36-30(38)24-7-5-23(6-8-24)29-34-16-3-17-35-29/h3,5-12,16-17,21,26-28,33H,2,4,13-15,18-20H2,1H3,(H,36,38)/t26-,27-,28+/m0/s1. The van der Waals surface area contributed by atoms with Crippen molar-refractivity contribution in [1.29, 1.82) is 0 Å². The van der Waals surface area contributed by atoms with Gasteiger partial charge in [0.1, 0.15) is 11.9 Å². The average molecular weight is 530 g/mol. The number of nitrogens with one attached hydrogen (secondary N) is 2. The van der Waals surface area contributed by atoms with Gasteiger partial charge in [0.2, 0.25) is 5.91 Å². The molecule has 39 heavy (non-hydrogen) atoms. The molecule has 2 amide bonds. The molecule has 1 saturated carbocycles. The van der Waals surface area contributed by atoms with Gasteiger partial charge in [-0.3, -0.25) is 9.59 Å². The minimum absolute atomic E-state index is 0.000154. The number of carbonyl (C=O) groups excluding carboxylic acids is 2. The van der Waals surface area contributed by atoms with E-state index in [0.717, 1.165) is 56.4 Å². The summed E-state index contributed by atoms with van der Waals surface area (Å²) in [6, 6.07) is 15.4. The second-order valence-electron chi connectivity index (χ2n) is 10.8. The number of hydrogen-bond donors (Lipinski definition) is 2. The Morgan fingerprint density at radius 1 is 1.03 bits per heavy atom. The lowest BCUT2D eigenvalue weighted by Gasteiger charge is -2.33. The molecule has 1 aliphatic carbocycles. The molecule has 0 spiro atoms. The number of rotatable bonds is 10. The van der Waals surface area contributed by atoms with Gasteiger partial charge in [-0.05, 0) is 80.5 Å². The lowest BCUT2D eigenvalue weighted by atomic mass is 9.98. The van der Waals surface area contributed by atoms with Crippen LogP contribution >= 0.6 is 0 Å². The smallest absolute Gasteiger partial charge is 0.251 e. The van der Waals surface area contributed by atoms with E-state index in [2.05, 4.69) is 27.5 Å². The van der Waals surface area contributed by atoms with Crippen LogP contribution in [0.2, 0.25) is 0 Å². The molecule has 204 valence electrons. The Bertz CT molecular complexity index is 1240. The van der Waals surface area contributed by atoms with Crippen molar-refractivity contribution in [3.8, 4) is 11.4 Å². The second-order valence-corrected chi connectivity index (χ2v) is 10.8. The fraction of sp³-hybridized carbons (Fsp3) is 0.419. The Morgan fingerprint density at radius 3 is 2.41 bits per heavy atom. The van der Waals surface area contributed by atoms with Gasteiger partial charge in [-0.2, -0.15) is 0 Å². The van der Waals surface area contributed by atoms with E-state index >= 15 is 0 Å². The zero-order chi connectivity index (χ0) is 27.2. The highest BCUT2D eigenvalue weighted by Gasteiger charge is 2.37. The normalized spacial score (nSPS) is 19.9. The van der Waals surface area contributed by atoms with Crippen molar-refractivity contribution in [3.63, 3.8) is 0 Å². The maximum absolute atomic E-state index is 13.5. The SMILES string of the molecule is CC1CCN(C(=O)[C@H](CCCN[C@@H]2C[C@H]2c2ccc(F)cc2)NC(=O)c2ccc(-c3ncccn3)cc2)CC1. The first-order chi connectivity index (χ1) is 19.0. The molecule has 3 atom stereocenters. The molecule has 2 fully saturated rings. The Labute approximate surface area is 229 Å². The predicted octanol–water partition coefficient (Wildman–Crippen LogP) is 4.57. The molecule has 1 aromatic heterocycles. The number of halogens is 1. The number of benzene rings is 2. The average Bonchev–Trinajstić information content (AvgIpc) is 3.75. The Balaban J connectivity index is 1.17. The molecule has 2 aromatic carbocycles. The van der Waals surface area contributed by atoms with Crippen LogP contribution in [0.1, 0.15) is 60.9 Å². The zero-order valence-corrected chi connectivity index (χ0v) is 22.4. The van der Waals surface area contributed by atoms with Crippen molar-refractivity contribution in [2.24, 2.45) is 5.92 Å². The highest BCUT2D eigenvalue weighted by molar-refractivity contribution is 5.97. The van der Waals surface area contributed by atoms with Crippen LogP contribution in [0.3, 0.4) is 0 Å². The first-order valence-corrected chi connectivity index (χ1v) is 13.9. The first kappa shape index (κ1) is 26.9. The van der Waals surface area contributed by atoms with Gasteiger partial charge in [-0.15, -0.1) is 0 Å². The van der Waals surface area contributed by atoms with Crippen LogP contribution in [0.4, 0.5) is 4.39 Å². The lowest BCUT2D eigenvalue weighted by molar-refractivity contribution is -0.134. The van der Waals surface area contributed by atoms with Gasteiger partial charge < -0.3 is 15.5 Å². The van der Waals surface area contributed by atoms with E-state index in [0.29, 0.717) is 35.7 Å². The number of carbonyl (C=O) groups is 2. The van der Waals surface area contributed by atoms with E-state index in [-0.39, 0.29) is 17.6 Å². The fourth-order valence-electron chi connectivity index (χ4n) is 5.26. The molecule has 8 heteroatoms. The molecule has 2 heterocycles. The number of hydrogen-bond acceptors (Lipinski definition) is 5. The summed E-state index contributed by atoms with van der Waals surface area (Å²) in [5.74, 6) is 1.15. The lowest BCUT2D eigenvalue weighted by Crippen LogP contribution is -2.50. The topological polar surface area (TPSA) is 87.2 Å². The van der Waals surface area contributed by atoms with Crippen molar-refractivity contribution in [3.05, 3.63) is 83.9 Å². The monoisotopic (exact) mass is 529 g/mol. The zero-order valence-electron chi connectivity index (χ0n) is 22.4. The fourth-order valence-corrected chi connectivity index (χ4v) is 5.26. The third-order valence-electron chi connectivity index (χ3n) is 7.83. The van der Waals surface area contributed by atoms with E-state index < -0.39 is 6.04 Å². The second kappa shape index (κ2) is 12.5. The quantitative estimate of drug-likeness (QED) is 0.376. The number of piperidine rings is 1. The van der Waals surface area contributed by atoms with E-state index in [9.17, 15) is 14.0 Å². The molecule has 0 radical (unpaired) electrons. The van der Waals surface area contributed by atoms with E-state index in [4.69, 9.17) is 0 Å². The maximum Gasteiger partial charge on any atom is 0.251 e. The molecule has 7 nitrogen and oxygen atoms in total. The molecule has 3 aromatic rings. The van der Waals surface area contributed by atoms with Crippen LogP contribution in [-0.2, 0) is 4.79 Å². The molecule has 1 saturated heterocycles. The molecule has 1 aliphatic heterocycles. The summed E-state index contributed by atoms with van der Waals surface area (Å²) in [7, 11) is 0. The highest BCUT2D eigenvalue weighted by atomic mass is 19.1. The van der Waals surface area contributed by atoms with Gasteiger partial charge in [-0.1, -0.05) is 31.2 Å². The maximum atomic E-state index is 13.5. The third-order valence-corrected chi connectivity index (χ3v) is 7.83. The number of likely N-dealkylation sites (tertiary alicyclic amines) is 1. The number of amides is 2. The van der Waals surface area contributed by atoms with E-state index in [1.807, 2.05) is 29.2 Å². The van der Waals surface area contributed by atoms with Crippen molar-refractivity contribution < 1.29 is 14.0 Å². The Hall–Kier alpha value is -3.65. The van der Waals surface area contributed by atoms with Crippen LogP contribution in [0, 0.1) is 11.7 Å². The molecular weight excluding hydrogens is 493 g/mol. The minimum atomic E-state index is -0.572. The highest BCUT2D eigenvalue weighted by Crippen LogP contribution is 2.40. The van der Waals surface area contributed by atoms with Gasteiger partial charge in [0.25, 0.3) is 5.91 Å². The van der Waals surface area contributed by atoms with E-state index in [1.165, 1.54) is 12.1 Å². The van der Waals surface area contributed by atoms with Gasteiger partial charge in [0.05, 0.1) is 0 Å². The molecular formula is C31H36FN5O2. The van der Waals surface area contributed by atoms with Gasteiger partial charge >= 0.3 is 0 Å². The largest absolute Gasteiger partial charge is 0.341 e. The molecule has 0 bridgehead atoms. The van der Waals surface area contributed by atoms with Crippen molar-refractivity contribution in [1.82, 2.24) is 25.5 Å². The van der Waals surface area contributed by atoms with Gasteiger partial charge in [0.15, 0.2) is 5.82 Å². The van der Waals surface area contributed by atoms with Gasteiger partial charge in [0, 0.05) is 48.6 Å². The Kier molecular flexibility index (Phi) is 8.61. The number of aromatic nitrogens is 2. The van der Waals surface area contributed by atoms with Crippen LogP contribution in [0.15, 0.2) is 67.0 Å². The summed E-state index contributed by atoms with van der Waals surface area (Å²) in [6.45, 7) is 4.44. The van der Waals surface area contributed by atoms with E-state index in [1.54, 1.807) is 30.6 Å². The summed E-state index contributed by atoms with van der Waals surface area (Å²) in [5, 5.41) is 6.58. The van der Waals surface area contributed by atoms with Crippen molar-refractivity contribution >= 4 is 11.8 Å². The summed E-state index contributed by atoms with van der Waals surface area (Å²) in [5.41, 5.74) is 2.48. The summed E-state index contributed by atoms with van der Waals surface area (Å²) in [6.07, 6.45) is 7.70. The van der Waals surface area contributed by atoms with Crippen molar-refractivity contribution in [2.45, 2.75) is 57.0 Å². The molecule has 0 unspecified atom stereocenters. The van der Waals surface area contributed by atoms with Crippen molar-refractivity contribution in [2.75, 3.05) is 19.6 Å². The van der Waals surface area contributed by atoms with Crippen LogP contribution in [0.5, 0.6) is 0 Å². The minimum Gasteiger partial charge on any atom is -0.341 e. The summed E-state index contributed by atoms with van der Waals surface area (Å²) >= 11 is 0. The van der Waals surface area contributed by atoms with Crippen LogP contribution in [0.25, 0.3) is 11.4 Å². The summed E-state index contributed by atoms with van der Waals surface area (Å²) < 4.78 is 13.2. The third kappa shape index (κ3) is 7.06. The number of nitrogens with zero attached hydrogens (tertiary/aromatic N) is 3. The molecule has 2 N–H and O–H groups in total. The Morgan fingerprint density at radius 2 is 1.72 bits per heavy atom. The first-order valence-electron chi connectivity index (χ1n) is 13.9. The molecule has 5 rings (SSSR count). The van der Waals surface area contributed by atoms with Crippen LogP contribution in [-0.4, -0.2) is 58.4 Å². The van der Waals surface area contributed by atoms with Gasteiger partial charge in [-0.25, -0.2) is 14.4 Å². The molecule has 2 aliphatic rings. The predicted molar refractivity (Wildman–Crippen MR) is 148 cm³/mol. The summed E-state index contributed by atoms with van der Waals surface area (Å²) in [4.78, 5) is 37.0. The van der Waals surface area contributed by atoms with Crippen LogP contribution < -0.4 is 10.6 Å².